The highest BCUT2D eigenvalue weighted by molar-refractivity contribution is 7.19. The quantitative estimate of drug-likeness (QED) is 0.697. The fourth-order valence-corrected chi connectivity index (χ4v) is 5.72. The first-order valence-electron chi connectivity index (χ1n) is 10.9. The minimum Gasteiger partial charge on any atom is -0.379 e. The summed E-state index contributed by atoms with van der Waals surface area (Å²) >= 11 is 1.88. The fourth-order valence-electron chi connectivity index (χ4n) is 4.53. The average molecular weight is 403 g/mol. The lowest BCUT2D eigenvalue weighted by Gasteiger charge is -2.36. The Balaban J connectivity index is 1.46. The maximum atomic E-state index is 5.43. The van der Waals surface area contributed by atoms with E-state index in [9.17, 15) is 0 Å². The smallest absolute Gasteiger partial charge is 0.138 e. The molecule has 6 heteroatoms. The van der Waals surface area contributed by atoms with Gasteiger partial charge < -0.3 is 10.1 Å². The molecule has 5 nitrogen and oxygen atoms in total. The first kappa shape index (κ1) is 20.0. The maximum absolute atomic E-state index is 5.43. The molecular weight excluding hydrogens is 368 g/mol. The zero-order valence-corrected chi connectivity index (χ0v) is 18.4. The lowest BCUT2D eigenvalue weighted by molar-refractivity contribution is 0.0378. The van der Waals surface area contributed by atoms with Crippen molar-refractivity contribution in [3.05, 3.63) is 16.8 Å². The number of anilines is 1. The minimum absolute atomic E-state index is 0.396. The van der Waals surface area contributed by atoms with Gasteiger partial charge in [0.15, 0.2) is 0 Å². The van der Waals surface area contributed by atoms with Crippen molar-refractivity contribution in [3.8, 4) is 0 Å². The number of morpholine rings is 1. The molecule has 2 aliphatic rings. The van der Waals surface area contributed by atoms with Gasteiger partial charge in [0.2, 0.25) is 0 Å². The van der Waals surface area contributed by atoms with Crippen LogP contribution in [0.3, 0.4) is 0 Å². The van der Waals surface area contributed by atoms with Crippen LogP contribution in [0.5, 0.6) is 0 Å². The van der Waals surface area contributed by atoms with Gasteiger partial charge in [-0.2, -0.15) is 0 Å². The first-order chi connectivity index (χ1) is 13.6. The summed E-state index contributed by atoms with van der Waals surface area (Å²) in [5, 5.41) is 4.93. The van der Waals surface area contributed by atoms with Crippen LogP contribution in [0, 0.1) is 11.3 Å². The highest BCUT2D eigenvalue weighted by atomic mass is 32.1. The summed E-state index contributed by atoms with van der Waals surface area (Å²) in [4.78, 5) is 14.4. The molecule has 1 atom stereocenters. The SMILES string of the molecule is CCC(C)(C)[C@H]1CCc2sc3ncnc(NCCCN4CCOCC4)c3c2C1. The molecule has 0 radical (unpaired) electrons. The highest BCUT2D eigenvalue weighted by Crippen LogP contribution is 2.45. The molecule has 0 unspecified atom stereocenters. The molecule has 1 N–H and O–H groups in total. The van der Waals surface area contributed by atoms with Gasteiger partial charge in [0.05, 0.1) is 18.6 Å². The second kappa shape index (κ2) is 8.64. The van der Waals surface area contributed by atoms with E-state index < -0.39 is 0 Å². The molecule has 0 spiro atoms. The largest absolute Gasteiger partial charge is 0.379 e. The predicted octanol–water partition coefficient (Wildman–Crippen LogP) is 4.37. The first-order valence-corrected chi connectivity index (χ1v) is 11.7. The number of thiophene rings is 1. The molecule has 1 fully saturated rings. The zero-order valence-electron chi connectivity index (χ0n) is 17.6. The van der Waals surface area contributed by atoms with Crippen molar-refractivity contribution in [1.82, 2.24) is 14.9 Å². The number of aryl methyl sites for hydroxylation is 1. The Morgan fingerprint density at radius 2 is 2.11 bits per heavy atom. The molecule has 1 saturated heterocycles. The Bertz CT molecular complexity index is 797. The maximum Gasteiger partial charge on any atom is 0.138 e. The van der Waals surface area contributed by atoms with Crippen LogP contribution in [0.15, 0.2) is 6.33 Å². The van der Waals surface area contributed by atoms with E-state index in [1.54, 1.807) is 6.33 Å². The van der Waals surface area contributed by atoms with Crippen molar-refractivity contribution >= 4 is 27.4 Å². The van der Waals surface area contributed by atoms with Crippen LogP contribution in [0.25, 0.3) is 10.2 Å². The van der Waals surface area contributed by atoms with Crippen LogP contribution < -0.4 is 5.32 Å². The van der Waals surface area contributed by atoms with Crippen molar-refractivity contribution in [2.75, 3.05) is 44.7 Å². The van der Waals surface area contributed by atoms with E-state index in [-0.39, 0.29) is 0 Å². The Kier molecular flexibility index (Phi) is 6.18. The lowest BCUT2D eigenvalue weighted by atomic mass is 9.69. The van der Waals surface area contributed by atoms with E-state index in [0.717, 1.165) is 62.4 Å². The summed E-state index contributed by atoms with van der Waals surface area (Å²) in [5.74, 6) is 1.79. The number of ether oxygens (including phenoxy) is 1. The molecule has 4 rings (SSSR count). The molecule has 0 saturated carbocycles. The van der Waals surface area contributed by atoms with Crippen LogP contribution in [-0.2, 0) is 17.6 Å². The van der Waals surface area contributed by atoms with E-state index in [4.69, 9.17) is 4.74 Å². The number of nitrogens with one attached hydrogen (secondary N) is 1. The van der Waals surface area contributed by atoms with Crippen LogP contribution in [0.2, 0.25) is 0 Å². The topological polar surface area (TPSA) is 50.3 Å². The van der Waals surface area contributed by atoms with Crippen molar-refractivity contribution < 1.29 is 4.74 Å². The summed E-state index contributed by atoms with van der Waals surface area (Å²) in [6.07, 6.45) is 7.76. The number of fused-ring (bicyclic) bond motifs is 3. The number of nitrogens with zero attached hydrogens (tertiary/aromatic N) is 3. The van der Waals surface area contributed by atoms with E-state index in [1.165, 1.54) is 41.5 Å². The Labute approximate surface area is 172 Å². The van der Waals surface area contributed by atoms with Gasteiger partial charge in [-0.3, -0.25) is 4.90 Å². The second-order valence-electron chi connectivity index (χ2n) is 8.92. The summed E-state index contributed by atoms with van der Waals surface area (Å²) in [7, 11) is 0. The summed E-state index contributed by atoms with van der Waals surface area (Å²) in [6.45, 7) is 13.1. The Hall–Kier alpha value is -1.24. The fraction of sp³-hybridized carbons (Fsp3) is 0.727. The van der Waals surface area contributed by atoms with E-state index in [0.29, 0.717) is 5.41 Å². The van der Waals surface area contributed by atoms with E-state index in [1.807, 2.05) is 11.3 Å². The summed E-state index contributed by atoms with van der Waals surface area (Å²) in [5.41, 5.74) is 1.92. The summed E-state index contributed by atoms with van der Waals surface area (Å²) in [6, 6.07) is 0. The van der Waals surface area contributed by atoms with Gasteiger partial charge >= 0.3 is 0 Å². The summed E-state index contributed by atoms with van der Waals surface area (Å²) < 4.78 is 5.43. The molecule has 1 aliphatic carbocycles. The molecule has 3 heterocycles. The lowest BCUT2D eigenvalue weighted by Crippen LogP contribution is -2.37. The molecule has 28 heavy (non-hydrogen) atoms. The Morgan fingerprint density at radius 1 is 1.29 bits per heavy atom. The normalized spacial score (nSPS) is 21.0. The molecule has 0 amide bonds. The number of hydrogen-bond donors (Lipinski definition) is 1. The van der Waals surface area contributed by atoms with E-state index in [2.05, 4.69) is 41.0 Å². The van der Waals surface area contributed by atoms with Crippen molar-refractivity contribution in [3.63, 3.8) is 0 Å². The average Bonchev–Trinajstić information content (AvgIpc) is 3.10. The standard InChI is InChI=1S/C22H34N4OS/c1-4-22(2,3)16-6-7-18-17(14-16)19-20(24-15-25-21(19)28-18)23-8-5-9-26-10-12-27-13-11-26/h15-16H,4-14H2,1-3H3,(H,23,24,25)/t16-/m0/s1. The second-order valence-corrected chi connectivity index (χ2v) is 10.0. The zero-order chi connectivity index (χ0) is 19.6. The third-order valence-electron chi connectivity index (χ3n) is 6.90. The molecule has 1 aliphatic heterocycles. The number of aromatic nitrogens is 2. The van der Waals surface area contributed by atoms with Crippen molar-refractivity contribution in [1.29, 1.82) is 0 Å². The molecule has 0 aromatic carbocycles. The monoisotopic (exact) mass is 402 g/mol. The number of rotatable bonds is 7. The van der Waals surface area contributed by atoms with Gasteiger partial charge in [0.1, 0.15) is 17.0 Å². The van der Waals surface area contributed by atoms with Crippen LogP contribution in [-0.4, -0.2) is 54.3 Å². The van der Waals surface area contributed by atoms with Crippen molar-refractivity contribution in [2.45, 2.75) is 52.9 Å². The van der Waals surface area contributed by atoms with Crippen LogP contribution in [0.1, 0.15) is 50.5 Å². The van der Waals surface area contributed by atoms with Gasteiger partial charge in [-0.15, -0.1) is 11.3 Å². The molecule has 2 aromatic rings. The molecule has 0 bridgehead atoms. The van der Waals surface area contributed by atoms with Gasteiger partial charge in [-0.1, -0.05) is 27.2 Å². The van der Waals surface area contributed by atoms with Gasteiger partial charge in [0.25, 0.3) is 0 Å². The minimum atomic E-state index is 0.396. The number of hydrogen-bond acceptors (Lipinski definition) is 6. The highest BCUT2D eigenvalue weighted by Gasteiger charge is 2.33. The predicted molar refractivity (Wildman–Crippen MR) is 117 cm³/mol. The van der Waals surface area contributed by atoms with Gasteiger partial charge in [-0.05, 0) is 49.1 Å². The van der Waals surface area contributed by atoms with Crippen LogP contribution in [0.4, 0.5) is 5.82 Å². The van der Waals surface area contributed by atoms with Crippen LogP contribution >= 0.6 is 11.3 Å². The Morgan fingerprint density at radius 3 is 2.89 bits per heavy atom. The van der Waals surface area contributed by atoms with Gasteiger partial charge in [-0.25, -0.2) is 9.97 Å². The third kappa shape index (κ3) is 4.19. The molecule has 154 valence electrons. The third-order valence-corrected chi connectivity index (χ3v) is 8.10. The van der Waals surface area contributed by atoms with Crippen molar-refractivity contribution in [2.24, 2.45) is 11.3 Å². The van der Waals surface area contributed by atoms with E-state index >= 15 is 0 Å². The molecular formula is C22H34N4OS. The van der Waals surface area contributed by atoms with Gasteiger partial charge in [0, 0.05) is 24.5 Å². The molecule has 2 aromatic heterocycles.